The third-order valence-electron chi connectivity index (χ3n) is 2.15. The lowest BCUT2D eigenvalue weighted by Gasteiger charge is -2.09. The fourth-order valence-electron chi connectivity index (χ4n) is 1.39. The molecule has 0 saturated heterocycles. The highest BCUT2D eigenvalue weighted by Crippen LogP contribution is 2.02. The molecule has 0 aromatic heterocycles. The number of nitrogens with zero attached hydrogens (tertiary/aromatic N) is 1. The van der Waals surface area contributed by atoms with Crippen LogP contribution in [-0.2, 0) is 11.3 Å². The highest BCUT2D eigenvalue weighted by Gasteiger charge is 2.02. The Balaban J connectivity index is 2.31. The highest BCUT2D eigenvalue weighted by atomic mass is 16.1. The molecule has 4 heteroatoms. The van der Waals surface area contributed by atoms with Crippen molar-refractivity contribution in [1.82, 2.24) is 10.6 Å². The summed E-state index contributed by atoms with van der Waals surface area (Å²) in [5, 5.41) is 14.5. The molecule has 0 aliphatic rings. The van der Waals surface area contributed by atoms with Crippen LogP contribution < -0.4 is 10.6 Å². The Morgan fingerprint density at radius 3 is 2.53 bits per heavy atom. The zero-order valence-electron chi connectivity index (χ0n) is 10.2. The van der Waals surface area contributed by atoms with Crippen LogP contribution in [-0.4, -0.2) is 18.5 Å². The molecule has 0 spiro atoms. The number of nitrogens with one attached hydrogen (secondary N) is 2. The number of hydrogen-bond acceptors (Lipinski definition) is 3. The molecule has 17 heavy (non-hydrogen) atoms. The average Bonchev–Trinajstić information content (AvgIpc) is 2.29. The van der Waals surface area contributed by atoms with Gasteiger partial charge in [-0.05, 0) is 31.5 Å². The van der Waals surface area contributed by atoms with Gasteiger partial charge in [0.1, 0.15) is 0 Å². The standard InChI is InChI=1S/C13H17N3O/c1-10(2)16-13(17)9-15-8-12-5-3-11(7-14)4-6-12/h3-6,10,15H,8-9H2,1-2H3,(H,16,17). The second-order valence-corrected chi connectivity index (χ2v) is 4.13. The van der Waals surface area contributed by atoms with Crippen molar-refractivity contribution in [2.75, 3.05) is 6.54 Å². The van der Waals surface area contributed by atoms with Crippen LogP contribution in [0.4, 0.5) is 0 Å². The van der Waals surface area contributed by atoms with E-state index in [9.17, 15) is 4.79 Å². The summed E-state index contributed by atoms with van der Waals surface area (Å²) < 4.78 is 0. The average molecular weight is 231 g/mol. The van der Waals surface area contributed by atoms with Crippen LogP contribution >= 0.6 is 0 Å². The van der Waals surface area contributed by atoms with Gasteiger partial charge in [0.25, 0.3) is 0 Å². The van der Waals surface area contributed by atoms with Crippen LogP contribution in [0.2, 0.25) is 0 Å². The minimum Gasteiger partial charge on any atom is -0.353 e. The lowest BCUT2D eigenvalue weighted by molar-refractivity contribution is -0.120. The summed E-state index contributed by atoms with van der Waals surface area (Å²) in [6.07, 6.45) is 0. The Morgan fingerprint density at radius 2 is 2.00 bits per heavy atom. The maximum Gasteiger partial charge on any atom is 0.234 e. The van der Waals surface area contributed by atoms with E-state index in [0.717, 1.165) is 5.56 Å². The second-order valence-electron chi connectivity index (χ2n) is 4.13. The second kappa shape index (κ2) is 6.66. The molecule has 0 unspecified atom stereocenters. The van der Waals surface area contributed by atoms with Crippen LogP contribution in [0.3, 0.4) is 0 Å². The molecular weight excluding hydrogens is 214 g/mol. The fourth-order valence-corrected chi connectivity index (χ4v) is 1.39. The van der Waals surface area contributed by atoms with Gasteiger partial charge < -0.3 is 10.6 Å². The molecule has 2 N–H and O–H groups in total. The number of hydrogen-bond donors (Lipinski definition) is 2. The molecule has 1 amide bonds. The molecule has 0 bridgehead atoms. The number of benzene rings is 1. The molecule has 1 rings (SSSR count). The van der Waals surface area contributed by atoms with Gasteiger partial charge in [0.05, 0.1) is 18.2 Å². The zero-order valence-corrected chi connectivity index (χ0v) is 10.2. The summed E-state index contributed by atoms with van der Waals surface area (Å²) in [6, 6.07) is 9.53. The summed E-state index contributed by atoms with van der Waals surface area (Å²) in [5.41, 5.74) is 1.70. The summed E-state index contributed by atoms with van der Waals surface area (Å²) in [5.74, 6) is -0.00588. The Morgan fingerprint density at radius 1 is 1.35 bits per heavy atom. The van der Waals surface area contributed by atoms with Crippen molar-refractivity contribution < 1.29 is 4.79 Å². The topological polar surface area (TPSA) is 64.9 Å². The predicted octanol–water partition coefficient (Wildman–Crippen LogP) is 1.17. The fraction of sp³-hybridized carbons (Fsp3) is 0.385. The lowest BCUT2D eigenvalue weighted by Crippen LogP contribution is -2.37. The molecule has 0 aliphatic carbocycles. The van der Waals surface area contributed by atoms with Crippen LogP contribution in [0.25, 0.3) is 0 Å². The van der Waals surface area contributed by atoms with E-state index in [2.05, 4.69) is 16.7 Å². The first kappa shape index (κ1) is 13.2. The normalized spacial score (nSPS) is 10.0. The number of carbonyl (C=O) groups is 1. The summed E-state index contributed by atoms with van der Waals surface area (Å²) >= 11 is 0. The Kier molecular flexibility index (Phi) is 5.18. The maximum atomic E-state index is 11.3. The van der Waals surface area contributed by atoms with Gasteiger partial charge in [-0.15, -0.1) is 0 Å². The minimum atomic E-state index is -0.00588. The van der Waals surface area contributed by atoms with E-state index in [-0.39, 0.29) is 11.9 Å². The van der Waals surface area contributed by atoms with Crippen molar-refractivity contribution in [2.24, 2.45) is 0 Å². The maximum absolute atomic E-state index is 11.3. The van der Waals surface area contributed by atoms with Gasteiger partial charge in [0, 0.05) is 12.6 Å². The molecule has 1 aromatic rings. The quantitative estimate of drug-likeness (QED) is 0.799. The zero-order chi connectivity index (χ0) is 12.7. The molecule has 0 atom stereocenters. The number of carbonyl (C=O) groups excluding carboxylic acids is 1. The van der Waals surface area contributed by atoms with Crippen molar-refractivity contribution >= 4 is 5.91 Å². The Labute approximate surface area is 102 Å². The highest BCUT2D eigenvalue weighted by molar-refractivity contribution is 5.78. The van der Waals surface area contributed by atoms with Crippen LogP contribution in [0.15, 0.2) is 24.3 Å². The predicted molar refractivity (Wildman–Crippen MR) is 66.1 cm³/mol. The van der Waals surface area contributed by atoms with Crippen molar-refractivity contribution in [2.45, 2.75) is 26.4 Å². The van der Waals surface area contributed by atoms with E-state index in [0.29, 0.717) is 18.7 Å². The molecule has 0 radical (unpaired) electrons. The number of rotatable bonds is 5. The van der Waals surface area contributed by atoms with Crippen molar-refractivity contribution in [3.05, 3.63) is 35.4 Å². The Bertz CT molecular complexity index is 404. The van der Waals surface area contributed by atoms with Crippen LogP contribution in [0.5, 0.6) is 0 Å². The summed E-state index contributed by atoms with van der Waals surface area (Å²) in [6.45, 7) is 4.78. The first-order valence-electron chi connectivity index (χ1n) is 5.61. The van der Waals surface area contributed by atoms with E-state index in [1.165, 1.54) is 0 Å². The first-order valence-corrected chi connectivity index (χ1v) is 5.61. The van der Waals surface area contributed by atoms with Crippen LogP contribution in [0.1, 0.15) is 25.0 Å². The third kappa shape index (κ3) is 5.14. The van der Waals surface area contributed by atoms with E-state index >= 15 is 0 Å². The number of amides is 1. The Hall–Kier alpha value is -1.86. The van der Waals surface area contributed by atoms with Gasteiger partial charge in [0.15, 0.2) is 0 Å². The van der Waals surface area contributed by atoms with Crippen molar-refractivity contribution in [1.29, 1.82) is 5.26 Å². The van der Waals surface area contributed by atoms with Crippen molar-refractivity contribution in [3.63, 3.8) is 0 Å². The van der Waals surface area contributed by atoms with Gasteiger partial charge in [0.2, 0.25) is 5.91 Å². The van der Waals surface area contributed by atoms with E-state index < -0.39 is 0 Å². The summed E-state index contributed by atoms with van der Waals surface area (Å²) in [4.78, 5) is 11.3. The molecule has 0 saturated carbocycles. The van der Waals surface area contributed by atoms with Gasteiger partial charge in [-0.1, -0.05) is 12.1 Å². The number of nitriles is 1. The smallest absolute Gasteiger partial charge is 0.234 e. The SMILES string of the molecule is CC(C)NC(=O)CNCc1ccc(C#N)cc1. The molecule has 0 heterocycles. The third-order valence-corrected chi connectivity index (χ3v) is 2.15. The van der Waals surface area contributed by atoms with Gasteiger partial charge >= 0.3 is 0 Å². The molecule has 90 valence electrons. The van der Waals surface area contributed by atoms with E-state index in [1.807, 2.05) is 26.0 Å². The lowest BCUT2D eigenvalue weighted by atomic mass is 10.1. The van der Waals surface area contributed by atoms with Crippen molar-refractivity contribution in [3.8, 4) is 6.07 Å². The molecule has 1 aromatic carbocycles. The summed E-state index contributed by atoms with van der Waals surface area (Å²) in [7, 11) is 0. The van der Waals surface area contributed by atoms with E-state index in [4.69, 9.17) is 5.26 Å². The largest absolute Gasteiger partial charge is 0.353 e. The van der Waals surface area contributed by atoms with Gasteiger partial charge in [-0.3, -0.25) is 4.79 Å². The molecule has 4 nitrogen and oxygen atoms in total. The molecule has 0 aliphatic heterocycles. The molecule has 0 fully saturated rings. The van der Waals surface area contributed by atoms with Crippen LogP contribution in [0, 0.1) is 11.3 Å². The first-order chi connectivity index (χ1) is 8.11. The monoisotopic (exact) mass is 231 g/mol. The molecular formula is C13H17N3O. The van der Waals surface area contributed by atoms with Gasteiger partial charge in [-0.2, -0.15) is 5.26 Å². The van der Waals surface area contributed by atoms with Gasteiger partial charge in [-0.25, -0.2) is 0 Å². The van der Waals surface area contributed by atoms with E-state index in [1.54, 1.807) is 12.1 Å². The minimum absolute atomic E-state index is 0.00588.